The van der Waals surface area contributed by atoms with E-state index in [0.717, 1.165) is 18.8 Å². The van der Waals surface area contributed by atoms with Gasteiger partial charge in [0.2, 0.25) is 0 Å². The van der Waals surface area contributed by atoms with Crippen molar-refractivity contribution in [2.24, 2.45) is 17.6 Å². The van der Waals surface area contributed by atoms with Crippen LogP contribution in [0.25, 0.3) is 0 Å². The lowest BCUT2D eigenvalue weighted by Gasteiger charge is -2.42. The van der Waals surface area contributed by atoms with Crippen LogP contribution in [0.3, 0.4) is 0 Å². The normalized spacial score (nSPS) is 35.2. The molecule has 1 aromatic heterocycles. The second-order valence-corrected chi connectivity index (χ2v) is 6.43. The number of aryl methyl sites for hydroxylation is 1. The Bertz CT molecular complexity index is 319. The lowest BCUT2D eigenvalue weighted by atomic mass is 9.68. The molecule has 0 spiro atoms. The minimum atomic E-state index is 0.0917. The number of nitrogens with two attached hydrogens (primary N) is 1. The predicted octanol–water partition coefficient (Wildman–Crippen LogP) is 3.83. The molecule has 0 bridgehead atoms. The zero-order valence-electron chi connectivity index (χ0n) is 10.4. The summed E-state index contributed by atoms with van der Waals surface area (Å²) in [5, 5.41) is 4.41. The van der Waals surface area contributed by atoms with Crippen molar-refractivity contribution in [3.63, 3.8) is 0 Å². The van der Waals surface area contributed by atoms with E-state index in [-0.39, 0.29) is 5.54 Å². The SMILES string of the molecule is CC1CCC(N)(CCc2ccsc2)C(C)C1. The van der Waals surface area contributed by atoms with Crippen molar-refractivity contribution in [1.29, 1.82) is 0 Å². The van der Waals surface area contributed by atoms with Gasteiger partial charge >= 0.3 is 0 Å². The Morgan fingerprint density at radius 1 is 1.50 bits per heavy atom. The van der Waals surface area contributed by atoms with Crippen LogP contribution >= 0.6 is 11.3 Å². The Morgan fingerprint density at radius 3 is 2.94 bits per heavy atom. The Hall–Kier alpha value is -0.340. The molecule has 3 unspecified atom stereocenters. The van der Waals surface area contributed by atoms with Crippen molar-refractivity contribution in [3.8, 4) is 0 Å². The van der Waals surface area contributed by atoms with Crippen LogP contribution in [0.4, 0.5) is 0 Å². The molecule has 16 heavy (non-hydrogen) atoms. The van der Waals surface area contributed by atoms with Crippen molar-refractivity contribution in [2.45, 2.75) is 51.5 Å². The third-order valence-corrected chi connectivity index (χ3v) is 5.03. The molecule has 0 amide bonds. The van der Waals surface area contributed by atoms with Crippen LogP contribution in [-0.2, 0) is 6.42 Å². The zero-order valence-corrected chi connectivity index (χ0v) is 11.2. The van der Waals surface area contributed by atoms with E-state index in [1.54, 1.807) is 11.3 Å². The van der Waals surface area contributed by atoms with E-state index in [1.165, 1.54) is 24.8 Å². The molecule has 1 aliphatic carbocycles. The number of thiophene rings is 1. The Balaban J connectivity index is 1.92. The molecule has 1 fully saturated rings. The molecule has 1 nitrogen and oxygen atoms in total. The van der Waals surface area contributed by atoms with Gasteiger partial charge in [-0.2, -0.15) is 11.3 Å². The average Bonchev–Trinajstić information content (AvgIpc) is 2.75. The summed E-state index contributed by atoms with van der Waals surface area (Å²) in [6, 6.07) is 2.23. The molecule has 0 aliphatic heterocycles. The van der Waals surface area contributed by atoms with E-state index in [4.69, 9.17) is 5.73 Å². The van der Waals surface area contributed by atoms with Gasteiger partial charge in [0, 0.05) is 5.54 Å². The summed E-state index contributed by atoms with van der Waals surface area (Å²) in [7, 11) is 0. The molecule has 3 atom stereocenters. The summed E-state index contributed by atoms with van der Waals surface area (Å²) in [6.45, 7) is 4.69. The fourth-order valence-electron chi connectivity index (χ4n) is 2.90. The van der Waals surface area contributed by atoms with Gasteiger partial charge in [-0.3, -0.25) is 0 Å². The first-order chi connectivity index (χ1) is 7.60. The maximum absolute atomic E-state index is 6.58. The molecule has 2 heteroatoms. The van der Waals surface area contributed by atoms with Crippen molar-refractivity contribution in [3.05, 3.63) is 22.4 Å². The summed E-state index contributed by atoms with van der Waals surface area (Å²) >= 11 is 1.79. The van der Waals surface area contributed by atoms with Crippen molar-refractivity contribution >= 4 is 11.3 Å². The van der Waals surface area contributed by atoms with Crippen molar-refractivity contribution in [1.82, 2.24) is 0 Å². The summed E-state index contributed by atoms with van der Waals surface area (Å²) in [5.74, 6) is 1.54. The number of rotatable bonds is 3. The molecule has 1 heterocycles. The second-order valence-electron chi connectivity index (χ2n) is 5.65. The van der Waals surface area contributed by atoms with Crippen LogP contribution in [0.2, 0.25) is 0 Å². The van der Waals surface area contributed by atoms with E-state index in [0.29, 0.717) is 5.92 Å². The summed E-state index contributed by atoms with van der Waals surface area (Å²) < 4.78 is 0. The van der Waals surface area contributed by atoms with Gasteiger partial charge in [0.1, 0.15) is 0 Å². The maximum Gasteiger partial charge on any atom is 0.0183 e. The molecule has 90 valence electrons. The molecular formula is C14H23NS. The van der Waals surface area contributed by atoms with E-state index < -0.39 is 0 Å². The first-order valence-electron chi connectivity index (χ1n) is 6.40. The van der Waals surface area contributed by atoms with Crippen LogP contribution < -0.4 is 5.73 Å². The van der Waals surface area contributed by atoms with Gasteiger partial charge in [0.25, 0.3) is 0 Å². The van der Waals surface area contributed by atoms with Gasteiger partial charge < -0.3 is 5.73 Å². The highest BCUT2D eigenvalue weighted by Crippen LogP contribution is 2.37. The highest BCUT2D eigenvalue weighted by atomic mass is 32.1. The minimum absolute atomic E-state index is 0.0917. The molecule has 0 radical (unpaired) electrons. The Kier molecular flexibility index (Phi) is 3.70. The largest absolute Gasteiger partial charge is 0.325 e. The van der Waals surface area contributed by atoms with Gasteiger partial charge in [-0.05, 0) is 66.3 Å². The van der Waals surface area contributed by atoms with Gasteiger partial charge in [0.15, 0.2) is 0 Å². The third-order valence-electron chi connectivity index (χ3n) is 4.30. The molecule has 2 rings (SSSR count). The molecule has 1 aliphatic rings. The molecular weight excluding hydrogens is 214 g/mol. The highest BCUT2D eigenvalue weighted by molar-refractivity contribution is 7.07. The fraction of sp³-hybridized carbons (Fsp3) is 0.714. The molecule has 0 saturated heterocycles. The van der Waals surface area contributed by atoms with Crippen LogP contribution in [0.15, 0.2) is 16.8 Å². The lowest BCUT2D eigenvalue weighted by molar-refractivity contribution is 0.154. The van der Waals surface area contributed by atoms with E-state index in [9.17, 15) is 0 Å². The summed E-state index contributed by atoms with van der Waals surface area (Å²) in [4.78, 5) is 0. The average molecular weight is 237 g/mol. The second kappa shape index (κ2) is 4.89. The quantitative estimate of drug-likeness (QED) is 0.849. The molecule has 2 N–H and O–H groups in total. The standard InChI is InChI=1S/C14H23NS/c1-11-3-6-14(15,12(2)9-11)7-4-13-5-8-16-10-13/h5,8,10-12H,3-4,6-7,9,15H2,1-2H3. The van der Waals surface area contributed by atoms with Crippen molar-refractivity contribution in [2.75, 3.05) is 0 Å². The maximum atomic E-state index is 6.58. The van der Waals surface area contributed by atoms with Gasteiger partial charge in [-0.25, -0.2) is 0 Å². The van der Waals surface area contributed by atoms with Gasteiger partial charge in [-0.15, -0.1) is 0 Å². The third kappa shape index (κ3) is 2.67. The number of hydrogen-bond donors (Lipinski definition) is 1. The summed E-state index contributed by atoms with van der Waals surface area (Å²) in [5.41, 5.74) is 8.14. The van der Waals surface area contributed by atoms with E-state index in [1.807, 2.05) is 0 Å². The molecule has 1 saturated carbocycles. The molecule has 1 aromatic rings. The van der Waals surface area contributed by atoms with Crippen LogP contribution in [0.1, 0.15) is 45.1 Å². The van der Waals surface area contributed by atoms with Gasteiger partial charge in [-0.1, -0.05) is 13.8 Å². The Morgan fingerprint density at radius 2 is 2.31 bits per heavy atom. The molecule has 0 aromatic carbocycles. The van der Waals surface area contributed by atoms with Gasteiger partial charge in [0.05, 0.1) is 0 Å². The zero-order chi connectivity index (χ0) is 11.6. The monoisotopic (exact) mass is 237 g/mol. The first kappa shape index (κ1) is 12.1. The lowest BCUT2D eigenvalue weighted by Crippen LogP contribution is -2.49. The Labute approximate surface area is 103 Å². The predicted molar refractivity (Wildman–Crippen MR) is 71.7 cm³/mol. The van der Waals surface area contributed by atoms with E-state index >= 15 is 0 Å². The smallest absolute Gasteiger partial charge is 0.0183 e. The topological polar surface area (TPSA) is 26.0 Å². The van der Waals surface area contributed by atoms with Crippen molar-refractivity contribution < 1.29 is 0 Å². The van der Waals surface area contributed by atoms with Crippen LogP contribution in [0.5, 0.6) is 0 Å². The first-order valence-corrected chi connectivity index (χ1v) is 7.34. The minimum Gasteiger partial charge on any atom is -0.325 e. The summed E-state index contributed by atoms with van der Waals surface area (Å²) in [6.07, 6.45) is 6.13. The van der Waals surface area contributed by atoms with Crippen LogP contribution in [0, 0.1) is 11.8 Å². The van der Waals surface area contributed by atoms with Crippen LogP contribution in [-0.4, -0.2) is 5.54 Å². The van der Waals surface area contributed by atoms with E-state index in [2.05, 4.69) is 30.7 Å². The highest BCUT2D eigenvalue weighted by Gasteiger charge is 2.36. The number of hydrogen-bond acceptors (Lipinski definition) is 2. The fourth-order valence-corrected chi connectivity index (χ4v) is 3.60.